The quantitative estimate of drug-likeness (QED) is 0.141. The Hall–Kier alpha value is -8.20. The van der Waals surface area contributed by atoms with Gasteiger partial charge in [0.05, 0.1) is 11.0 Å². The summed E-state index contributed by atoms with van der Waals surface area (Å²) >= 11 is 0. The zero-order chi connectivity index (χ0) is 41.2. The van der Waals surface area contributed by atoms with Crippen molar-refractivity contribution in [3.05, 3.63) is 255 Å². The zero-order valence-corrected chi connectivity index (χ0v) is 34.1. The highest BCUT2D eigenvalue weighted by atomic mass is 15.1. The maximum atomic E-state index is 2.41. The van der Waals surface area contributed by atoms with Crippen molar-refractivity contribution >= 4 is 38.9 Å². The van der Waals surface area contributed by atoms with Gasteiger partial charge in [-0.2, -0.15) is 0 Å². The molecular weight excluding hydrogens is 749 g/mol. The van der Waals surface area contributed by atoms with Gasteiger partial charge < -0.3 is 9.47 Å². The number of aromatic nitrogens is 1. The number of para-hydroxylation sites is 2. The van der Waals surface area contributed by atoms with Gasteiger partial charge in [0, 0.05) is 33.5 Å². The van der Waals surface area contributed by atoms with Crippen molar-refractivity contribution in [1.29, 1.82) is 0 Å². The summed E-state index contributed by atoms with van der Waals surface area (Å²) in [5, 5.41) is 2.47. The lowest BCUT2D eigenvalue weighted by atomic mass is 9.93. The molecule has 1 heterocycles. The van der Waals surface area contributed by atoms with Gasteiger partial charge in [0.15, 0.2) is 0 Å². The average Bonchev–Trinajstić information content (AvgIpc) is 3.69. The predicted octanol–water partition coefficient (Wildman–Crippen LogP) is 16.6. The van der Waals surface area contributed by atoms with Gasteiger partial charge in [0.25, 0.3) is 0 Å². The summed E-state index contributed by atoms with van der Waals surface area (Å²) in [4.78, 5) is 2.39. The maximum absolute atomic E-state index is 2.41. The molecule has 11 aromatic rings. The van der Waals surface area contributed by atoms with E-state index >= 15 is 0 Å². The van der Waals surface area contributed by atoms with Crippen LogP contribution in [-0.4, -0.2) is 4.57 Å². The number of hydrogen-bond acceptors (Lipinski definition) is 1. The molecule has 1 aromatic heterocycles. The molecule has 62 heavy (non-hydrogen) atoms. The van der Waals surface area contributed by atoms with Crippen molar-refractivity contribution in [3.63, 3.8) is 0 Å². The van der Waals surface area contributed by atoms with Crippen molar-refractivity contribution < 1.29 is 0 Å². The molecule has 10 aromatic carbocycles. The standard InChI is InChI=1S/C60H42N2/c1-5-19-43(20-6-1)46-25-17-30-53(38-46)62-59-34-16-15-33-57(59)58-42-48(35-36-60(58)62)56-32-14-13-31-55(56)47-26-18-29-52(39-47)61(51-27-11-4-12-28-51)54-40-49(44-21-7-2-8-22-44)37-50(41-54)45-23-9-3-10-24-45/h1-42H. The second-order valence-electron chi connectivity index (χ2n) is 15.8. The summed E-state index contributed by atoms with van der Waals surface area (Å²) in [5.74, 6) is 0. The van der Waals surface area contributed by atoms with Gasteiger partial charge in [-0.15, -0.1) is 0 Å². The third-order valence-corrected chi connectivity index (χ3v) is 11.9. The van der Waals surface area contributed by atoms with E-state index in [-0.39, 0.29) is 0 Å². The lowest BCUT2D eigenvalue weighted by Crippen LogP contribution is -2.10. The highest BCUT2D eigenvalue weighted by Crippen LogP contribution is 2.43. The Morgan fingerprint density at radius 2 is 0.710 bits per heavy atom. The third kappa shape index (κ3) is 6.94. The van der Waals surface area contributed by atoms with Crippen LogP contribution in [0.4, 0.5) is 17.1 Å². The molecule has 0 fully saturated rings. The molecule has 0 radical (unpaired) electrons. The van der Waals surface area contributed by atoms with Crippen LogP contribution in [0.3, 0.4) is 0 Å². The topological polar surface area (TPSA) is 8.17 Å². The minimum absolute atomic E-state index is 1.09. The molecule has 11 rings (SSSR count). The summed E-state index contributed by atoms with van der Waals surface area (Å²) in [6.07, 6.45) is 0. The maximum Gasteiger partial charge on any atom is 0.0541 e. The van der Waals surface area contributed by atoms with Gasteiger partial charge in [-0.25, -0.2) is 0 Å². The summed E-state index contributed by atoms with van der Waals surface area (Å²) in [6, 6.07) is 92.1. The van der Waals surface area contributed by atoms with E-state index in [2.05, 4.69) is 264 Å². The molecule has 0 spiro atoms. The number of nitrogens with zero attached hydrogens (tertiary/aromatic N) is 2. The summed E-state index contributed by atoms with van der Waals surface area (Å²) in [6.45, 7) is 0. The minimum Gasteiger partial charge on any atom is -0.310 e. The Labute approximate surface area is 362 Å². The van der Waals surface area contributed by atoms with E-state index < -0.39 is 0 Å². The molecule has 0 N–H and O–H groups in total. The molecule has 292 valence electrons. The first-order valence-corrected chi connectivity index (χ1v) is 21.3. The molecule has 0 saturated carbocycles. The van der Waals surface area contributed by atoms with Gasteiger partial charge in [0.2, 0.25) is 0 Å². The Morgan fingerprint density at radius 3 is 1.37 bits per heavy atom. The molecule has 0 aliphatic heterocycles. The second-order valence-corrected chi connectivity index (χ2v) is 15.8. The van der Waals surface area contributed by atoms with E-state index in [1.165, 1.54) is 71.9 Å². The van der Waals surface area contributed by atoms with Crippen molar-refractivity contribution in [1.82, 2.24) is 4.57 Å². The van der Waals surface area contributed by atoms with Crippen molar-refractivity contribution in [3.8, 4) is 61.3 Å². The average molecular weight is 791 g/mol. The van der Waals surface area contributed by atoms with E-state index in [1.54, 1.807) is 0 Å². The van der Waals surface area contributed by atoms with E-state index in [4.69, 9.17) is 0 Å². The number of fused-ring (bicyclic) bond motifs is 3. The fraction of sp³-hybridized carbons (Fsp3) is 0. The van der Waals surface area contributed by atoms with Crippen LogP contribution in [0, 0.1) is 0 Å². The smallest absolute Gasteiger partial charge is 0.0541 e. The fourth-order valence-electron chi connectivity index (χ4n) is 9.03. The SMILES string of the molecule is c1ccc(-c2cc(-c3ccccc3)cc(N(c3ccccc3)c3cccc(-c4ccccc4-c4ccc5c(c4)c4ccccc4n5-c4cccc(-c5ccccc5)c4)c3)c2)cc1. The van der Waals surface area contributed by atoms with E-state index in [0.717, 1.165) is 28.3 Å². The largest absolute Gasteiger partial charge is 0.310 e. The first-order valence-electron chi connectivity index (χ1n) is 21.3. The van der Waals surface area contributed by atoms with Crippen LogP contribution >= 0.6 is 0 Å². The molecule has 0 amide bonds. The van der Waals surface area contributed by atoms with Crippen LogP contribution < -0.4 is 4.90 Å². The Bertz CT molecular complexity index is 3270. The van der Waals surface area contributed by atoms with Crippen LogP contribution in [0.1, 0.15) is 0 Å². The number of hydrogen-bond donors (Lipinski definition) is 0. The molecule has 0 aliphatic carbocycles. The third-order valence-electron chi connectivity index (χ3n) is 11.9. The molecular formula is C60H42N2. The van der Waals surface area contributed by atoms with Gasteiger partial charge in [-0.1, -0.05) is 182 Å². The molecule has 2 nitrogen and oxygen atoms in total. The summed E-state index contributed by atoms with van der Waals surface area (Å²) < 4.78 is 2.41. The van der Waals surface area contributed by atoms with Crippen LogP contribution in [-0.2, 0) is 0 Å². The summed E-state index contributed by atoms with van der Waals surface area (Å²) in [7, 11) is 0. The minimum atomic E-state index is 1.09. The lowest BCUT2D eigenvalue weighted by molar-refractivity contribution is 1.18. The van der Waals surface area contributed by atoms with Crippen LogP contribution in [0.5, 0.6) is 0 Å². The molecule has 0 saturated heterocycles. The highest BCUT2D eigenvalue weighted by Gasteiger charge is 2.19. The van der Waals surface area contributed by atoms with Crippen LogP contribution in [0.2, 0.25) is 0 Å². The highest BCUT2D eigenvalue weighted by molar-refractivity contribution is 6.11. The van der Waals surface area contributed by atoms with Crippen LogP contribution in [0.15, 0.2) is 255 Å². The number of anilines is 3. The lowest BCUT2D eigenvalue weighted by Gasteiger charge is -2.27. The van der Waals surface area contributed by atoms with E-state index in [1.807, 2.05) is 0 Å². The monoisotopic (exact) mass is 790 g/mol. The number of benzene rings is 10. The number of rotatable bonds is 9. The Kier molecular flexibility index (Phi) is 9.57. The Morgan fingerprint density at radius 1 is 0.242 bits per heavy atom. The van der Waals surface area contributed by atoms with Crippen LogP contribution in [0.25, 0.3) is 83.1 Å². The van der Waals surface area contributed by atoms with Crippen molar-refractivity contribution in [2.24, 2.45) is 0 Å². The molecule has 2 heteroatoms. The van der Waals surface area contributed by atoms with Gasteiger partial charge in [0.1, 0.15) is 0 Å². The fourth-order valence-corrected chi connectivity index (χ4v) is 9.03. The second kappa shape index (κ2) is 16.1. The van der Waals surface area contributed by atoms with E-state index in [0.29, 0.717) is 0 Å². The first-order chi connectivity index (χ1) is 30.7. The van der Waals surface area contributed by atoms with Crippen molar-refractivity contribution in [2.75, 3.05) is 4.90 Å². The van der Waals surface area contributed by atoms with Gasteiger partial charge >= 0.3 is 0 Å². The normalized spacial score (nSPS) is 11.2. The molecule has 0 atom stereocenters. The first kappa shape index (κ1) is 36.8. The van der Waals surface area contributed by atoms with Crippen molar-refractivity contribution in [2.45, 2.75) is 0 Å². The molecule has 0 unspecified atom stereocenters. The zero-order valence-electron chi connectivity index (χ0n) is 34.1. The predicted molar refractivity (Wildman–Crippen MR) is 263 cm³/mol. The Balaban J connectivity index is 1.03. The molecule has 0 bridgehead atoms. The van der Waals surface area contributed by atoms with E-state index in [9.17, 15) is 0 Å². The molecule has 0 aliphatic rings. The summed E-state index contributed by atoms with van der Waals surface area (Å²) in [5.41, 5.74) is 18.6. The van der Waals surface area contributed by atoms with Gasteiger partial charge in [-0.3, -0.25) is 0 Å². The van der Waals surface area contributed by atoms with Gasteiger partial charge in [-0.05, 0) is 128 Å².